The van der Waals surface area contributed by atoms with Crippen LogP contribution < -0.4 is 15.4 Å². The number of nitrogens with zero attached hydrogens (tertiary/aromatic N) is 2. The third-order valence-electron chi connectivity index (χ3n) is 5.16. The topological polar surface area (TPSA) is 83.0 Å². The normalized spacial score (nSPS) is 15.0. The van der Waals surface area contributed by atoms with Crippen molar-refractivity contribution in [2.45, 2.75) is 37.1 Å². The van der Waals surface area contributed by atoms with Crippen molar-refractivity contribution >= 4 is 40.0 Å². The van der Waals surface area contributed by atoms with Gasteiger partial charge >= 0.3 is 0 Å². The smallest absolute Gasteiger partial charge is 0.243 e. The van der Waals surface area contributed by atoms with Gasteiger partial charge in [-0.05, 0) is 49.1 Å². The van der Waals surface area contributed by atoms with Crippen molar-refractivity contribution < 1.29 is 13.2 Å². The summed E-state index contributed by atoms with van der Waals surface area (Å²) in [5.41, 5.74) is 0.897. The number of aliphatic imine (C=N–C) groups is 1. The fraction of sp³-hybridized carbons (Fsp3) is 0.435. The lowest BCUT2D eigenvalue weighted by Gasteiger charge is -2.26. The second kappa shape index (κ2) is 13.6. The van der Waals surface area contributed by atoms with Crippen molar-refractivity contribution in [3.05, 3.63) is 60.2 Å². The highest BCUT2D eigenvalue weighted by Crippen LogP contribution is 2.21. The van der Waals surface area contributed by atoms with Crippen molar-refractivity contribution in [3.8, 4) is 5.75 Å². The van der Waals surface area contributed by atoms with Gasteiger partial charge in [-0.1, -0.05) is 36.8 Å². The van der Waals surface area contributed by atoms with E-state index < -0.39 is 10.0 Å². The predicted octanol–water partition coefficient (Wildman–Crippen LogP) is 3.61. The fourth-order valence-corrected chi connectivity index (χ4v) is 5.05. The largest absolute Gasteiger partial charge is 0.494 e. The Balaban J connectivity index is 0.00000363. The Kier molecular flexibility index (Phi) is 11.3. The predicted molar refractivity (Wildman–Crippen MR) is 139 cm³/mol. The van der Waals surface area contributed by atoms with Gasteiger partial charge in [0.2, 0.25) is 10.0 Å². The van der Waals surface area contributed by atoms with Crippen LogP contribution in [0.25, 0.3) is 0 Å². The van der Waals surface area contributed by atoms with E-state index in [9.17, 15) is 8.42 Å². The van der Waals surface area contributed by atoms with E-state index in [1.807, 2.05) is 36.4 Å². The minimum Gasteiger partial charge on any atom is -0.494 e. The fourth-order valence-electron chi connectivity index (χ4n) is 3.46. The van der Waals surface area contributed by atoms with Gasteiger partial charge in [-0.25, -0.2) is 8.42 Å². The summed E-state index contributed by atoms with van der Waals surface area (Å²) in [6, 6.07) is 16.9. The average molecular weight is 573 g/mol. The molecular formula is C23H33IN4O3S. The van der Waals surface area contributed by atoms with E-state index in [0.717, 1.165) is 43.5 Å². The molecule has 7 nitrogen and oxygen atoms in total. The first-order chi connectivity index (χ1) is 15.1. The molecule has 1 heterocycles. The third kappa shape index (κ3) is 7.93. The Morgan fingerprint density at radius 3 is 2.50 bits per heavy atom. The zero-order valence-corrected chi connectivity index (χ0v) is 21.6. The summed E-state index contributed by atoms with van der Waals surface area (Å²) in [5, 5.41) is 6.50. The van der Waals surface area contributed by atoms with E-state index in [2.05, 4.69) is 15.6 Å². The number of benzene rings is 2. The lowest BCUT2D eigenvalue weighted by Crippen LogP contribution is -2.38. The van der Waals surface area contributed by atoms with Crippen LogP contribution in [-0.4, -0.2) is 52.0 Å². The van der Waals surface area contributed by atoms with E-state index in [4.69, 9.17) is 4.74 Å². The average Bonchev–Trinajstić information content (AvgIpc) is 2.82. The molecule has 2 aromatic carbocycles. The monoisotopic (exact) mass is 572 g/mol. The number of rotatable bonds is 9. The van der Waals surface area contributed by atoms with Crippen LogP contribution in [0.1, 0.15) is 31.2 Å². The van der Waals surface area contributed by atoms with Gasteiger partial charge in [0.15, 0.2) is 5.96 Å². The van der Waals surface area contributed by atoms with Gasteiger partial charge in [-0.15, -0.1) is 24.0 Å². The van der Waals surface area contributed by atoms with Crippen molar-refractivity contribution in [2.24, 2.45) is 4.99 Å². The van der Waals surface area contributed by atoms with Crippen LogP contribution in [0.2, 0.25) is 0 Å². The van der Waals surface area contributed by atoms with Crippen LogP contribution in [-0.2, 0) is 16.6 Å². The van der Waals surface area contributed by atoms with Crippen LogP contribution in [0.4, 0.5) is 0 Å². The lowest BCUT2D eigenvalue weighted by atomic mass is 10.2. The van der Waals surface area contributed by atoms with Crippen molar-refractivity contribution in [1.29, 1.82) is 0 Å². The molecule has 1 aliphatic rings. The number of hydrogen-bond acceptors (Lipinski definition) is 4. The zero-order valence-electron chi connectivity index (χ0n) is 18.5. The SMILES string of the molecule is CN=C(NCCCOc1ccccc1)NCc1cccc(S(=O)(=O)N2CCCCC2)c1.I. The van der Waals surface area contributed by atoms with Gasteiger partial charge < -0.3 is 15.4 Å². The molecule has 1 fully saturated rings. The molecule has 0 atom stereocenters. The first-order valence-electron chi connectivity index (χ1n) is 10.8. The molecule has 0 aromatic heterocycles. The number of hydrogen-bond donors (Lipinski definition) is 2. The van der Waals surface area contributed by atoms with E-state index in [-0.39, 0.29) is 24.0 Å². The van der Waals surface area contributed by atoms with Gasteiger partial charge in [-0.2, -0.15) is 4.31 Å². The van der Waals surface area contributed by atoms with Crippen LogP contribution in [0.15, 0.2) is 64.5 Å². The quantitative estimate of drug-likeness (QED) is 0.208. The maximum absolute atomic E-state index is 12.9. The molecule has 3 rings (SSSR count). The summed E-state index contributed by atoms with van der Waals surface area (Å²) in [7, 11) is -1.71. The Hall–Kier alpha value is -1.85. The molecule has 2 aromatic rings. The Labute approximate surface area is 208 Å². The summed E-state index contributed by atoms with van der Waals surface area (Å²) in [6.07, 6.45) is 3.79. The minimum atomic E-state index is -3.43. The summed E-state index contributed by atoms with van der Waals surface area (Å²) in [4.78, 5) is 4.59. The van der Waals surface area contributed by atoms with Crippen molar-refractivity contribution in [1.82, 2.24) is 14.9 Å². The second-order valence-corrected chi connectivity index (χ2v) is 9.42. The molecule has 9 heteroatoms. The number of nitrogens with one attached hydrogen (secondary N) is 2. The molecule has 0 aliphatic carbocycles. The number of ether oxygens (including phenoxy) is 1. The summed E-state index contributed by atoms with van der Waals surface area (Å²) < 4.78 is 33.1. The zero-order chi connectivity index (χ0) is 21.9. The molecule has 0 radical (unpaired) electrons. The molecule has 0 unspecified atom stereocenters. The Morgan fingerprint density at radius 1 is 1.03 bits per heavy atom. The van der Waals surface area contributed by atoms with Gasteiger partial charge in [0, 0.05) is 33.2 Å². The van der Waals surface area contributed by atoms with Gasteiger partial charge in [-0.3, -0.25) is 4.99 Å². The Bertz CT molecular complexity index is 949. The van der Waals surface area contributed by atoms with Gasteiger partial charge in [0.25, 0.3) is 0 Å². The summed E-state index contributed by atoms with van der Waals surface area (Å²) >= 11 is 0. The first-order valence-corrected chi connectivity index (χ1v) is 12.2. The third-order valence-corrected chi connectivity index (χ3v) is 7.05. The van der Waals surface area contributed by atoms with Crippen LogP contribution in [0.5, 0.6) is 5.75 Å². The number of para-hydroxylation sites is 1. The highest BCUT2D eigenvalue weighted by molar-refractivity contribution is 14.0. The molecule has 2 N–H and O–H groups in total. The second-order valence-electron chi connectivity index (χ2n) is 7.48. The molecule has 0 spiro atoms. The summed E-state index contributed by atoms with van der Waals surface area (Å²) in [6.45, 7) is 3.04. The molecule has 0 amide bonds. The van der Waals surface area contributed by atoms with Crippen molar-refractivity contribution in [2.75, 3.05) is 33.3 Å². The van der Waals surface area contributed by atoms with Crippen LogP contribution in [0, 0.1) is 0 Å². The van der Waals surface area contributed by atoms with Crippen LogP contribution in [0.3, 0.4) is 0 Å². The van der Waals surface area contributed by atoms with Crippen LogP contribution >= 0.6 is 24.0 Å². The Morgan fingerprint density at radius 2 is 1.78 bits per heavy atom. The van der Waals surface area contributed by atoms with Crippen molar-refractivity contribution in [3.63, 3.8) is 0 Å². The first kappa shape index (κ1) is 26.4. The minimum absolute atomic E-state index is 0. The molecule has 0 bridgehead atoms. The van der Waals surface area contributed by atoms with E-state index in [1.165, 1.54) is 0 Å². The molecular weight excluding hydrogens is 539 g/mol. The standard InChI is InChI=1S/C23H32N4O3S.HI/c1-24-23(25-14-9-17-30-21-11-4-2-5-12-21)26-19-20-10-8-13-22(18-20)31(28,29)27-15-6-3-7-16-27;/h2,4-5,8,10-13,18H,3,6-7,9,14-17,19H2,1H3,(H2,24,25,26);1H. The molecule has 0 saturated carbocycles. The molecule has 32 heavy (non-hydrogen) atoms. The maximum atomic E-state index is 12.9. The number of halogens is 1. The highest BCUT2D eigenvalue weighted by atomic mass is 127. The number of sulfonamides is 1. The van der Waals surface area contributed by atoms with E-state index in [0.29, 0.717) is 37.1 Å². The van der Waals surface area contributed by atoms with E-state index in [1.54, 1.807) is 29.6 Å². The van der Waals surface area contributed by atoms with Gasteiger partial charge in [0.05, 0.1) is 11.5 Å². The van der Waals surface area contributed by atoms with E-state index >= 15 is 0 Å². The van der Waals surface area contributed by atoms with Gasteiger partial charge in [0.1, 0.15) is 5.75 Å². The number of piperidine rings is 1. The summed E-state index contributed by atoms with van der Waals surface area (Å²) in [5.74, 6) is 1.54. The molecule has 1 aliphatic heterocycles. The maximum Gasteiger partial charge on any atom is 0.243 e. The number of guanidine groups is 1. The molecule has 176 valence electrons. The lowest BCUT2D eigenvalue weighted by molar-refractivity contribution is 0.311. The highest BCUT2D eigenvalue weighted by Gasteiger charge is 2.25. The molecule has 1 saturated heterocycles.